The molecule has 0 heterocycles. The number of hydrogen-bond donors (Lipinski definition) is 2. The number of hydrogen-bond acceptors (Lipinski definition) is 3. The highest BCUT2D eigenvalue weighted by atomic mass is 35.5. The van der Waals surface area contributed by atoms with Crippen molar-refractivity contribution in [1.29, 1.82) is 0 Å². The minimum absolute atomic E-state index is 0.170. The highest BCUT2D eigenvalue weighted by molar-refractivity contribution is 7.89. The van der Waals surface area contributed by atoms with Crippen LogP contribution in [0.4, 0.5) is 0 Å². The average molecular weight is 312 g/mol. The number of aliphatic carboxylic acids is 1. The molecule has 5 nitrogen and oxygen atoms in total. The van der Waals surface area contributed by atoms with E-state index in [-0.39, 0.29) is 14.9 Å². The number of halogens is 2. The van der Waals surface area contributed by atoms with E-state index in [1.54, 1.807) is 6.92 Å². The van der Waals surface area contributed by atoms with E-state index >= 15 is 0 Å². The Morgan fingerprint density at radius 3 is 2.17 bits per heavy atom. The molecular weight excluding hydrogens is 301 g/mol. The number of nitrogens with one attached hydrogen (secondary N) is 1. The van der Waals surface area contributed by atoms with Crippen molar-refractivity contribution < 1.29 is 18.3 Å². The maximum atomic E-state index is 11.9. The van der Waals surface area contributed by atoms with E-state index in [0.29, 0.717) is 5.56 Å². The van der Waals surface area contributed by atoms with Crippen molar-refractivity contribution in [3.8, 4) is 0 Å². The minimum Gasteiger partial charge on any atom is -0.480 e. The fourth-order valence-electron chi connectivity index (χ4n) is 1.13. The van der Waals surface area contributed by atoms with Crippen molar-refractivity contribution in [2.24, 2.45) is 0 Å². The van der Waals surface area contributed by atoms with Gasteiger partial charge in [-0.05, 0) is 31.5 Å². The number of carboxylic acids is 1. The Morgan fingerprint density at radius 1 is 1.33 bits per heavy atom. The first kappa shape index (κ1) is 15.2. The Labute approximate surface area is 115 Å². The smallest absolute Gasteiger partial charge is 0.321 e. The van der Waals surface area contributed by atoms with Gasteiger partial charge in [0.2, 0.25) is 10.0 Å². The van der Waals surface area contributed by atoms with Gasteiger partial charge in [0, 0.05) is 10.0 Å². The molecular formula is C10H11Cl2NO4S. The van der Waals surface area contributed by atoms with Crippen molar-refractivity contribution in [2.75, 3.05) is 0 Å². The van der Waals surface area contributed by atoms with Crippen LogP contribution in [0, 0.1) is 6.92 Å². The lowest BCUT2D eigenvalue weighted by Crippen LogP contribution is -2.38. The second kappa shape index (κ2) is 5.44. The number of benzene rings is 1. The normalized spacial score (nSPS) is 13.3. The van der Waals surface area contributed by atoms with Crippen LogP contribution in [0.5, 0.6) is 0 Å². The quantitative estimate of drug-likeness (QED) is 0.891. The van der Waals surface area contributed by atoms with Gasteiger partial charge in [0.05, 0.1) is 4.90 Å². The molecule has 0 fully saturated rings. The predicted octanol–water partition coefficient (Wildman–Crippen LogP) is 2.05. The van der Waals surface area contributed by atoms with Gasteiger partial charge in [-0.3, -0.25) is 4.79 Å². The highest BCUT2D eigenvalue weighted by Gasteiger charge is 2.22. The van der Waals surface area contributed by atoms with Crippen molar-refractivity contribution in [1.82, 2.24) is 4.72 Å². The molecule has 1 unspecified atom stereocenters. The molecule has 0 amide bonds. The molecule has 0 saturated carbocycles. The van der Waals surface area contributed by atoms with Gasteiger partial charge in [0.25, 0.3) is 0 Å². The fourth-order valence-corrected chi connectivity index (χ4v) is 2.99. The van der Waals surface area contributed by atoms with Gasteiger partial charge < -0.3 is 5.11 Å². The number of carboxylic acid groups (broad SMARTS) is 1. The lowest BCUT2D eigenvalue weighted by atomic mass is 10.2. The average Bonchev–Trinajstić information content (AvgIpc) is 2.24. The van der Waals surface area contributed by atoms with Gasteiger partial charge in [0.1, 0.15) is 6.04 Å². The zero-order valence-electron chi connectivity index (χ0n) is 9.57. The molecule has 18 heavy (non-hydrogen) atoms. The Morgan fingerprint density at radius 2 is 1.78 bits per heavy atom. The Bertz CT molecular complexity index is 563. The molecule has 0 aromatic heterocycles. The molecule has 2 N–H and O–H groups in total. The van der Waals surface area contributed by atoms with Gasteiger partial charge in [-0.1, -0.05) is 23.2 Å². The third kappa shape index (κ3) is 3.35. The van der Waals surface area contributed by atoms with Gasteiger partial charge in [-0.15, -0.1) is 0 Å². The standard InChI is InChI=1S/C10H11Cl2NO4S/c1-5-8(11)3-7(4-9(5)12)18(16,17)13-6(2)10(14)15/h3-4,6,13H,1-2H3,(H,14,15). The Hall–Kier alpha value is -0.820. The van der Waals surface area contributed by atoms with Crippen molar-refractivity contribution in [3.05, 3.63) is 27.7 Å². The zero-order valence-corrected chi connectivity index (χ0v) is 11.9. The van der Waals surface area contributed by atoms with Crippen molar-refractivity contribution in [3.63, 3.8) is 0 Å². The van der Waals surface area contributed by atoms with Crippen LogP contribution in [0.25, 0.3) is 0 Å². The predicted molar refractivity (Wildman–Crippen MR) is 68.6 cm³/mol. The summed E-state index contributed by atoms with van der Waals surface area (Å²) in [6, 6.07) is 1.20. The Kier molecular flexibility index (Phi) is 4.61. The summed E-state index contributed by atoms with van der Waals surface area (Å²) in [7, 11) is -3.97. The zero-order chi connectivity index (χ0) is 14.1. The molecule has 0 aliphatic rings. The van der Waals surface area contributed by atoms with E-state index in [4.69, 9.17) is 28.3 Å². The molecule has 0 spiro atoms. The largest absolute Gasteiger partial charge is 0.480 e. The van der Waals surface area contributed by atoms with Crippen LogP contribution in [0.2, 0.25) is 10.0 Å². The van der Waals surface area contributed by atoms with Crippen LogP contribution in [0.15, 0.2) is 17.0 Å². The fraction of sp³-hybridized carbons (Fsp3) is 0.300. The first-order valence-corrected chi connectivity index (χ1v) is 7.10. The van der Waals surface area contributed by atoms with E-state index in [2.05, 4.69) is 0 Å². The van der Waals surface area contributed by atoms with Gasteiger partial charge in [-0.2, -0.15) is 4.72 Å². The third-order valence-corrected chi connectivity index (χ3v) is 4.57. The monoisotopic (exact) mass is 311 g/mol. The van der Waals surface area contributed by atoms with Crippen LogP contribution in [0.3, 0.4) is 0 Å². The summed E-state index contributed by atoms with van der Waals surface area (Å²) in [4.78, 5) is 10.4. The molecule has 0 aliphatic carbocycles. The molecule has 1 rings (SSSR count). The maximum Gasteiger partial charge on any atom is 0.321 e. The first-order chi connectivity index (χ1) is 8.15. The molecule has 0 radical (unpaired) electrons. The number of carbonyl (C=O) groups is 1. The molecule has 1 atom stereocenters. The highest BCUT2D eigenvalue weighted by Crippen LogP contribution is 2.27. The molecule has 1 aromatic rings. The summed E-state index contributed by atoms with van der Waals surface area (Å²) < 4.78 is 25.7. The number of rotatable bonds is 4. The first-order valence-electron chi connectivity index (χ1n) is 4.86. The SMILES string of the molecule is Cc1c(Cl)cc(S(=O)(=O)NC(C)C(=O)O)cc1Cl. The molecule has 0 saturated heterocycles. The minimum atomic E-state index is -3.97. The van der Waals surface area contributed by atoms with Crippen molar-refractivity contribution >= 4 is 39.2 Å². The summed E-state index contributed by atoms with van der Waals surface area (Å²) >= 11 is 11.7. The van der Waals surface area contributed by atoms with Gasteiger partial charge in [-0.25, -0.2) is 8.42 Å². The topological polar surface area (TPSA) is 83.5 Å². The Balaban J connectivity index is 3.18. The van der Waals surface area contributed by atoms with Crippen LogP contribution >= 0.6 is 23.2 Å². The number of sulfonamides is 1. The van der Waals surface area contributed by atoms with Gasteiger partial charge >= 0.3 is 5.97 Å². The summed E-state index contributed by atoms with van der Waals surface area (Å²) in [5, 5.41) is 9.07. The van der Waals surface area contributed by atoms with Crippen LogP contribution < -0.4 is 4.72 Å². The van der Waals surface area contributed by atoms with E-state index in [1.807, 2.05) is 4.72 Å². The summed E-state index contributed by atoms with van der Waals surface area (Å²) in [6.07, 6.45) is 0. The summed E-state index contributed by atoms with van der Waals surface area (Å²) in [6.45, 7) is 2.87. The molecule has 100 valence electrons. The van der Waals surface area contributed by atoms with E-state index < -0.39 is 22.0 Å². The van der Waals surface area contributed by atoms with E-state index in [9.17, 15) is 13.2 Å². The van der Waals surface area contributed by atoms with Crippen LogP contribution in [-0.2, 0) is 14.8 Å². The summed E-state index contributed by atoms with van der Waals surface area (Å²) in [5.41, 5.74) is 0.559. The van der Waals surface area contributed by atoms with Crippen LogP contribution in [0.1, 0.15) is 12.5 Å². The van der Waals surface area contributed by atoms with Crippen LogP contribution in [-0.4, -0.2) is 25.5 Å². The van der Waals surface area contributed by atoms with E-state index in [1.165, 1.54) is 19.1 Å². The lowest BCUT2D eigenvalue weighted by molar-refractivity contribution is -0.138. The second-order valence-electron chi connectivity index (χ2n) is 3.69. The molecule has 1 aromatic carbocycles. The second-order valence-corrected chi connectivity index (χ2v) is 6.22. The van der Waals surface area contributed by atoms with Gasteiger partial charge in [0.15, 0.2) is 0 Å². The molecule has 0 aliphatic heterocycles. The lowest BCUT2D eigenvalue weighted by Gasteiger charge is -2.11. The van der Waals surface area contributed by atoms with E-state index in [0.717, 1.165) is 0 Å². The molecule has 8 heteroatoms. The van der Waals surface area contributed by atoms with Crippen molar-refractivity contribution in [2.45, 2.75) is 24.8 Å². The third-order valence-electron chi connectivity index (χ3n) is 2.27. The molecule has 0 bridgehead atoms. The maximum absolute atomic E-state index is 11.9. The summed E-state index contributed by atoms with van der Waals surface area (Å²) in [5.74, 6) is -1.28.